The van der Waals surface area contributed by atoms with Crippen molar-refractivity contribution >= 4 is 16.9 Å². The normalized spacial score (nSPS) is 11.2. The first-order valence-electron chi connectivity index (χ1n) is 12.0. The van der Waals surface area contributed by atoms with Crippen LogP contribution in [-0.2, 0) is 24.2 Å². The highest BCUT2D eigenvalue weighted by atomic mass is 16.5. The summed E-state index contributed by atoms with van der Waals surface area (Å²) in [4.78, 5) is 17.3. The Morgan fingerprint density at radius 3 is 2.50 bits per heavy atom. The van der Waals surface area contributed by atoms with Gasteiger partial charge in [-0.25, -0.2) is 4.98 Å². The number of benzene rings is 3. The molecule has 0 aliphatic heterocycles. The third-order valence-electron chi connectivity index (χ3n) is 6.15. The molecular weight excluding hydrogens is 422 g/mol. The molecule has 3 aromatic carbocycles. The van der Waals surface area contributed by atoms with Crippen molar-refractivity contribution < 1.29 is 9.53 Å². The molecular formula is C29H33N3O2. The van der Waals surface area contributed by atoms with E-state index in [9.17, 15) is 4.79 Å². The maximum Gasteiger partial charge on any atom is 0.224 e. The summed E-state index contributed by atoms with van der Waals surface area (Å²) in [6.07, 6.45) is 1.06. The van der Waals surface area contributed by atoms with Gasteiger partial charge in [0, 0.05) is 13.0 Å². The third kappa shape index (κ3) is 5.84. The molecule has 0 aliphatic rings. The second-order valence-corrected chi connectivity index (χ2v) is 8.94. The molecule has 0 saturated heterocycles. The van der Waals surface area contributed by atoms with Crippen molar-refractivity contribution in [3.8, 4) is 5.75 Å². The topological polar surface area (TPSA) is 56.2 Å². The number of rotatable bonds is 10. The van der Waals surface area contributed by atoms with E-state index in [1.807, 2.05) is 61.5 Å². The summed E-state index contributed by atoms with van der Waals surface area (Å²) in [7, 11) is 0. The van der Waals surface area contributed by atoms with Crippen molar-refractivity contribution in [2.75, 3.05) is 13.2 Å². The van der Waals surface area contributed by atoms with E-state index >= 15 is 0 Å². The molecule has 1 amide bonds. The van der Waals surface area contributed by atoms with E-state index in [1.54, 1.807) is 0 Å². The Kier molecular flexibility index (Phi) is 7.63. The van der Waals surface area contributed by atoms with Gasteiger partial charge in [-0.3, -0.25) is 4.79 Å². The van der Waals surface area contributed by atoms with Gasteiger partial charge in [-0.1, -0.05) is 62.4 Å². The average Bonchev–Trinajstić information content (AvgIpc) is 3.18. The smallest absolute Gasteiger partial charge is 0.224 e. The van der Waals surface area contributed by atoms with Crippen LogP contribution in [0.25, 0.3) is 11.0 Å². The minimum atomic E-state index is 0.0325. The number of nitrogens with zero attached hydrogens (tertiary/aromatic N) is 2. The summed E-state index contributed by atoms with van der Waals surface area (Å²) in [5, 5.41) is 3.05. The number of amides is 1. The van der Waals surface area contributed by atoms with Crippen LogP contribution in [0.5, 0.6) is 5.75 Å². The monoisotopic (exact) mass is 455 g/mol. The minimum absolute atomic E-state index is 0.0325. The van der Waals surface area contributed by atoms with Crippen molar-refractivity contribution in [1.29, 1.82) is 0 Å². The van der Waals surface area contributed by atoms with Crippen molar-refractivity contribution in [1.82, 2.24) is 14.9 Å². The zero-order chi connectivity index (χ0) is 23.9. The van der Waals surface area contributed by atoms with Crippen molar-refractivity contribution in [2.24, 2.45) is 0 Å². The van der Waals surface area contributed by atoms with Gasteiger partial charge in [0.1, 0.15) is 18.2 Å². The molecule has 4 aromatic rings. The number of aromatic nitrogens is 2. The van der Waals surface area contributed by atoms with Crippen LogP contribution in [-0.4, -0.2) is 28.6 Å². The van der Waals surface area contributed by atoms with E-state index in [-0.39, 0.29) is 5.91 Å². The molecule has 176 valence electrons. The first-order valence-corrected chi connectivity index (χ1v) is 12.0. The second kappa shape index (κ2) is 11.0. The van der Waals surface area contributed by atoms with Gasteiger partial charge >= 0.3 is 0 Å². The number of para-hydroxylation sites is 2. The summed E-state index contributed by atoms with van der Waals surface area (Å²) in [5.41, 5.74) is 5.55. The van der Waals surface area contributed by atoms with E-state index in [4.69, 9.17) is 9.72 Å². The van der Waals surface area contributed by atoms with Crippen molar-refractivity contribution in [3.05, 3.63) is 95.3 Å². The van der Waals surface area contributed by atoms with E-state index in [2.05, 4.69) is 41.9 Å². The number of nitrogens with one attached hydrogen (secondary N) is 1. The molecule has 1 aromatic heterocycles. The van der Waals surface area contributed by atoms with Crippen molar-refractivity contribution in [3.63, 3.8) is 0 Å². The lowest BCUT2D eigenvalue weighted by molar-refractivity contribution is -0.120. The predicted molar refractivity (Wildman–Crippen MR) is 137 cm³/mol. The lowest BCUT2D eigenvalue weighted by Crippen LogP contribution is -2.28. The quantitative estimate of drug-likeness (QED) is 0.346. The molecule has 0 unspecified atom stereocenters. The highest BCUT2D eigenvalue weighted by molar-refractivity contribution is 5.79. The summed E-state index contributed by atoms with van der Waals surface area (Å²) in [6, 6.07) is 24.5. The Morgan fingerprint density at radius 1 is 1.00 bits per heavy atom. The first-order chi connectivity index (χ1) is 16.5. The van der Waals surface area contributed by atoms with Crippen molar-refractivity contribution in [2.45, 2.75) is 46.1 Å². The molecule has 0 saturated carbocycles. The molecule has 1 N–H and O–H groups in total. The van der Waals surface area contributed by atoms with E-state index in [1.165, 1.54) is 5.56 Å². The average molecular weight is 456 g/mol. The zero-order valence-corrected chi connectivity index (χ0v) is 20.3. The van der Waals surface area contributed by atoms with E-state index in [0.29, 0.717) is 38.5 Å². The standard InChI is InChI=1S/C29H33N3O2/c1-21(2)23-12-14-25(15-13-23)34-19-18-32-27-11-7-6-10-26(27)31-28(32)16-17-30-29(33)20-24-9-5-4-8-22(24)3/h4-15,21H,16-20H2,1-3H3,(H,30,33). The van der Waals surface area contributed by atoms with Gasteiger partial charge in [0.2, 0.25) is 5.91 Å². The summed E-state index contributed by atoms with van der Waals surface area (Å²) >= 11 is 0. The number of hydrogen-bond donors (Lipinski definition) is 1. The fraction of sp³-hybridized carbons (Fsp3) is 0.310. The van der Waals surface area contributed by atoms with Gasteiger partial charge in [-0.15, -0.1) is 0 Å². The predicted octanol–water partition coefficient (Wildman–Crippen LogP) is 5.45. The summed E-state index contributed by atoms with van der Waals surface area (Å²) in [5.74, 6) is 2.37. The number of ether oxygens (including phenoxy) is 1. The van der Waals surface area contributed by atoms with Crippen LogP contribution in [0.3, 0.4) is 0 Å². The molecule has 4 rings (SSSR count). The number of carbonyl (C=O) groups is 1. The Morgan fingerprint density at radius 2 is 1.74 bits per heavy atom. The number of hydrogen-bond acceptors (Lipinski definition) is 3. The Bertz CT molecular complexity index is 1240. The minimum Gasteiger partial charge on any atom is -0.492 e. The van der Waals surface area contributed by atoms with Crippen LogP contribution in [0.4, 0.5) is 0 Å². The summed E-state index contributed by atoms with van der Waals surface area (Å²) < 4.78 is 8.22. The van der Waals surface area contributed by atoms with Crippen LogP contribution in [0.15, 0.2) is 72.8 Å². The Hall–Kier alpha value is -3.60. The van der Waals surface area contributed by atoms with E-state index < -0.39 is 0 Å². The lowest BCUT2D eigenvalue weighted by Gasteiger charge is -2.12. The van der Waals surface area contributed by atoms with Gasteiger partial charge in [-0.05, 0) is 53.8 Å². The Labute approximate surface area is 201 Å². The van der Waals surface area contributed by atoms with Crippen LogP contribution >= 0.6 is 0 Å². The van der Waals surface area contributed by atoms with Crippen LogP contribution < -0.4 is 10.1 Å². The second-order valence-electron chi connectivity index (χ2n) is 8.94. The van der Waals surface area contributed by atoms with Gasteiger partial charge in [0.25, 0.3) is 0 Å². The van der Waals surface area contributed by atoms with Gasteiger partial charge < -0.3 is 14.6 Å². The number of fused-ring (bicyclic) bond motifs is 1. The molecule has 0 aliphatic carbocycles. The number of imidazole rings is 1. The van der Waals surface area contributed by atoms with Crippen LogP contribution in [0.1, 0.15) is 42.3 Å². The highest BCUT2D eigenvalue weighted by Gasteiger charge is 2.12. The molecule has 0 fully saturated rings. The number of carbonyl (C=O) groups excluding carboxylic acids is 1. The largest absolute Gasteiger partial charge is 0.492 e. The molecule has 0 bridgehead atoms. The van der Waals surface area contributed by atoms with E-state index in [0.717, 1.165) is 33.7 Å². The molecule has 5 nitrogen and oxygen atoms in total. The molecule has 1 heterocycles. The van der Waals surface area contributed by atoms with Crippen LogP contribution in [0, 0.1) is 6.92 Å². The number of aryl methyl sites for hydroxylation is 1. The van der Waals surface area contributed by atoms with Crippen LogP contribution in [0.2, 0.25) is 0 Å². The maximum atomic E-state index is 12.4. The molecule has 5 heteroatoms. The van der Waals surface area contributed by atoms with Gasteiger partial charge in [-0.2, -0.15) is 0 Å². The fourth-order valence-corrected chi connectivity index (χ4v) is 4.13. The lowest BCUT2D eigenvalue weighted by atomic mass is 10.0. The maximum absolute atomic E-state index is 12.4. The SMILES string of the molecule is Cc1ccccc1CC(=O)NCCc1nc2ccccc2n1CCOc1ccc(C(C)C)cc1. The molecule has 0 spiro atoms. The third-order valence-corrected chi connectivity index (χ3v) is 6.15. The Balaban J connectivity index is 1.37. The highest BCUT2D eigenvalue weighted by Crippen LogP contribution is 2.20. The zero-order valence-electron chi connectivity index (χ0n) is 20.3. The molecule has 0 radical (unpaired) electrons. The van der Waals surface area contributed by atoms with Gasteiger partial charge in [0.05, 0.1) is 24.0 Å². The van der Waals surface area contributed by atoms with Gasteiger partial charge in [0.15, 0.2) is 0 Å². The summed E-state index contributed by atoms with van der Waals surface area (Å²) in [6.45, 7) is 8.20. The fourth-order valence-electron chi connectivity index (χ4n) is 4.13. The first kappa shape index (κ1) is 23.6. The molecule has 34 heavy (non-hydrogen) atoms. The molecule has 0 atom stereocenters.